The van der Waals surface area contributed by atoms with Crippen molar-refractivity contribution >= 4 is 11.7 Å². The third kappa shape index (κ3) is 5.04. The van der Waals surface area contributed by atoms with Gasteiger partial charge in [0, 0.05) is 25.3 Å². The maximum absolute atomic E-state index is 12.1. The Labute approximate surface area is 180 Å². The summed E-state index contributed by atoms with van der Waals surface area (Å²) < 4.78 is 5.25. The van der Waals surface area contributed by atoms with E-state index in [9.17, 15) is 4.79 Å². The molecule has 2 aliphatic heterocycles. The average Bonchev–Trinajstić information content (AvgIpc) is 2.77. The highest BCUT2D eigenvalue weighted by molar-refractivity contribution is 5.72. The molecule has 160 valence electrons. The number of hydrogen-bond donors (Lipinski definition) is 0. The van der Waals surface area contributed by atoms with E-state index < -0.39 is 0 Å². The Morgan fingerprint density at radius 3 is 2.57 bits per heavy atom. The number of nitrogens with zero attached hydrogens (tertiary/aromatic N) is 2. The number of carbonyl (C=O) groups excluding carboxylic acids is 1. The van der Waals surface area contributed by atoms with Crippen LogP contribution in [0.3, 0.4) is 0 Å². The predicted octanol–water partition coefficient (Wildman–Crippen LogP) is 4.46. The van der Waals surface area contributed by atoms with Crippen LogP contribution in [-0.2, 0) is 28.9 Å². The summed E-state index contributed by atoms with van der Waals surface area (Å²) in [6.45, 7) is 7.34. The molecule has 2 aliphatic rings. The van der Waals surface area contributed by atoms with Crippen LogP contribution in [-0.4, -0.2) is 43.7 Å². The zero-order valence-corrected chi connectivity index (χ0v) is 18.2. The van der Waals surface area contributed by atoms with E-state index >= 15 is 0 Å². The molecule has 0 bridgehead atoms. The van der Waals surface area contributed by atoms with Crippen LogP contribution in [0.4, 0.5) is 5.69 Å². The number of ether oxygens (including phenoxy) is 1. The molecule has 30 heavy (non-hydrogen) atoms. The van der Waals surface area contributed by atoms with Crippen LogP contribution in [0.1, 0.15) is 42.9 Å². The second-order valence-electron chi connectivity index (χ2n) is 8.56. The predicted molar refractivity (Wildman–Crippen MR) is 122 cm³/mol. The smallest absolute Gasteiger partial charge is 0.310 e. The van der Waals surface area contributed by atoms with E-state index in [0.29, 0.717) is 6.61 Å². The Balaban J connectivity index is 1.40. The lowest BCUT2D eigenvalue weighted by molar-refractivity contribution is -0.149. The molecule has 0 radical (unpaired) electrons. The van der Waals surface area contributed by atoms with Crippen LogP contribution in [0.2, 0.25) is 0 Å². The van der Waals surface area contributed by atoms with E-state index in [-0.39, 0.29) is 11.9 Å². The lowest BCUT2D eigenvalue weighted by Gasteiger charge is -2.33. The van der Waals surface area contributed by atoms with Crippen molar-refractivity contribution in [1.29, 1.82) is 0 Å². The van der Waals surface area contributed by atoms with Crippen molar-refractivity contribution in [2.75, 3.05) is 37.7 Å². The van der Waals surface area contributed by atoms with Gasteiger partial charge in [0.15, 0.2) is 0 Å². The molecule has 0 aliphatic carbocycles. The topological polar surface area (TPSA) is 32.8 Å². The summed E-state index contributed by atoms with van der Waals surface area (Å²) in [6.07, 6.45) is 5.36. The number of anilines is 1. The van der Waals surface area contributed by atoms with E-state index in [2.05, 4.69) is 58.3 Å². The van der Waals surface area contributed by atoms with Crippen LogP contribution in [0.15, 0.2) is 48.5 Å². The molecule has 0 N–H and O–H groups in total. The normalized spacial score (nSPS) is 19.4. The van der Waals surface area contributed by atoms with Gasteiger partial charge in [0.1, 0.15) is 0 Å². The van der Waals surface area contributed by atoms with Crippen LogP contribution in [0.25, 0.3) is 0 Å². The number of likely N-dealkylation sites (tertiary alicyclic amines) is 1. The third-order valence-corrected chi connectivity index (χ3v) is 6.50. The van der Waals surface area contributed by atoms with Crippen molar-refractivity contribution in [3.8, 4) is 0 Å². The van der Waals surface area contributed by atoms with Gasteiger partial charge in [0.25, 0.3) is 0 Å². The molecule has 0 unspecified atom stereocenters. The van der Waals surface area contributed by atoms with Gasteiger partial charge in [-0.15, -0.1) is 0 Å². The van der Waals surface area contributed by atoms with Gasteiger partial charge in [-0.3, -0.25) is 4.79 Å². The Bertz CT molecular complexity index is 850. The number of piperidine rings is 1. The lowest BCUT2D eigenvalue weighted by atomic mass is 9.95. The standard InChI is InChI=1S/C26H34N2O2/c1-2-30-26(29)24-12-7-16-27(19-24)17-8-18-28-20-23-11-4-3-9-21(23)14-15-22-10-5-6-13-25(22)28/h3-6,9-11,13,24H,2,7-8,12,14-20H2,1H3/t24-/m1/s1. The minimum atomic E-state index is -0.0171. The summed E-state index contributed by atoms with van der Waals surface area (Å²) in [6, 6.07) is 17.8. The highest BCUT2D eigenvalue weighted by atomic mass is 16.5. The molecule has 2 aromatic carbocycles. The van der Waals surface area contributed by atoms with E-state index in [0.717, 1.165) is 64.8 Å². The summed E-state index contributed by atoms with van der Waals surface area (Å²) in [5.41, 5.74) is 5.76. The number of rotatable bonds is 6. The Morgan fingerprint density at radius 1 is 1.00 bits per heavy atom. The first kappa shape index (κ1) is 20.9. The molecule has 1 saturated heterocycles. The van der Waals surface area contributed by atoms with Gasteiger partial charge in [-0.1, -0.05) is 42.5 Å². The van der Waals surface area contributed by atoms with Crippen LogP contribution in [0.5, 0.6) is 0 Å². The fourth-order valence-corrected chi connectivity index (χ4v) is 4.94. The first-order chi connectivity index (χ1) is 14.7. The van der Waals surface area contributed by atoms with Crippen LogP contribution < -0.4 is 4.90 Å². The summed E-state index contributed by atoms with van der Waals surface area (Å²) in [5.74, 6) is 0.0319. The molecule has 1 atom stereocenters. The largest absolute Gasteiger partial charge is 0.466 e. The van der Waals surface area contributed by atoms with E-state index in [1.165, 1.54) is 22.4 Å². The second-order valence-corrected chi connectivity index (χ2v) is 8.56. The molecule has 1 fully saturated rings. The molecular formula is C26H34N2O2. The zero-order valence-electron chi connectivity index (χ0n) is 18.2. The fourth-order valence-electron chi connectivity index (χ4n) is 4.94. The van der Waals surface area contributed by atoms with Crippen molar-refractivity contribution in [3.63, 3.8) is 0 Å². The molecule has 4 rings (SSSR count). The summed E-state index contributed by atoms with van der Waals surface area (Å²) in [7, 11) is 0. The van der Waals surface area contributed by atoms with Gasteiger partial charge >= 0.3 is 5.97 Å². The quantitative estimate of drug-likeness (QED) is 0.663. The fraction of sp³-hybridized carbons (Fsp3) is 0.500. The Hall–Kier alpha value is -2.33. The van der Waals surface area contributed by atoms with Crippen molar-refractivity contribution in [3.05, 3.63) is 65.2 Å². The number of para-hydroxylation sites is 1. The van der Waals surface area contributed by atoms with E-state index in [4.69, 9.17) is 4.74 Å². The number of fused-ring (bicyclic) bond motifs is 2. The summed E-state index contributed by atoms with van der Waals surface area (Å²) >= 11 is 0. The van der Waals surface area contributed by atoms with Crippen molar-refractivity contribution in [2.24, 2.45) is 5.92 Å². The maximum atomic E-state index is 12.1. The molecule has 0 spiro atoms. The van der Waals surface area contributed by atoms with Gasteiger partial charge in [0.05, 0.1) is 12.5 Å². The number of esters is 1. The van der Waals surface area contributed by atoms with Gasteiger partial charge < -0.3 is 14.5 Å². The minimum Gasteiger partial charge on any atom is -0.466 e. The zero-order chi connectivity index (χ0) is 20.8. The molecule has 4 heteroatoms. The molecule has 4 nitrogen and oxygen atoms in total. The first-order valence-electron chi connectivity index (χ1n) is 11.5. The van der Waals surface area contributed by atoms with E-state index in [1.54, 1.807) is 0 Å². The molecule has 2 aromatic rings. The monoisotopic (exact) mass is 406 g/mol. The van der Waals surface area contributed by atoms with Crippen LogP contribution in [0, 0.1) is 5.92 Å². The van der Waals surface area contributed by atoms with Crippen LogP contribution >= 0.6 is 0 Å². The number of hydrogen-bond acceptors (Lipinski definition) is 4. The highest BCUT2D eigenvalue weighted by Crippen LogP contribution is 2.28. The second kappa shape index (κ2) is 10.1. The lowest BCUT2D eigenvalue weighted by Crippen LogP contribution is -2.40. The minimum absolute atomic E-state index is 0.0171. The van der Waals surface area contributed by atoms with Gasteiger partial charge in [-0.2, -0.15) is 0 Å². The van der Waals surface area contributed by atoms with Crippen molar-refractivity contribution in [1.82, 2.24) is 4.90 Å². The molecular weight excluding hydrogens is 372 g/mol. The van der Waals surface area contributed by atoms with Gasteiger partial charge in [-0.25, -0.2) is 0 Å². The highest BCUT2D eigenvalue weighted by Gasteiger charge is 2.26. The van der Waals surface area contributed by atoms with Gasteiger partial charge in [-0.05, 0) is 74.9 Å². The molecule has 2 heterocycles. The summed E-state index contributed by atoms with van der Waals surface area (Å²) in [4.78, 5) is 17.1. The number of carbonyl (C=O) groups is 1. The molecule has 0 saturated carbocycles. The van der Waals surface area contributed by atoms with Crippen molar-refractivity contribution in [2.45, 2.75) is 45.6 Å². The first-order valence-corrected chi connectivity index (χ1v) is 11.5. The average molecular weight is 407 g/mol. The third-order valence-electron chi connectivity index (χ3n) is 6.50. The number of aryl methyl sites for hydroxylation is 2. The Morgan fingerprint density at radius 2 is 1.73 bits per heavy atom. The van der Waals surface area contributed by atoms with Crippen molar-refractivity contribution < 1.29 is 9.53 Å². The van der Waals surface area contributed by atoms with E-state index in [1.807, 2.05) is 6.92 Å². The Kier molecular flexibility index (Phi) is 7.06. The maximum Gasteiger partial charge on any atom is 0.310 e. The van der Waals surface area contributed by atoms with Gasteiger partial charge in [0.2, 0.25) is 0 Å². The SMILES string of the molecule is CCOC(=O)[C@@H]1CCCN(CCCN2Cc3ccccc3CCc3ccccc32)C1. The summed E-state index contributed by atoms with van der Waals surface area (Å²) in [5, 5.41) is 0. The molecule has 0 aromatic heterocycles. The molecule has 0 amide bonds. The number of benzene rings is 2.